The normalized spacial score (nSPS) is 15.8. The highest BCUT2D eigenvalue weighted by atomic mass is 32.1. The number of carboxylic acid groups (broad SMARTS) is 1. The van der Waals surface area contributed by atoms with Crippen molar-refractivity contribution in [3.05, 3.63) is 52.0 Å². The van der Waals surface area contributed by atoms with Gasteiger partial charge in [-0.1, -0.05) is 19.9 Å². The molecule has 1 aromatic heterocycles. The molecular formula is C28H32N2O4S. The zero-order chi connectivity index (χ0) is 25.5. The highest BCUT2D eigenvalue weighted by molar-refractivity contribution is 7.19. The summed E-state index contributed by atoms with van der Waals surface area (Å²) in [7, 11) is 0. The zero-order valence-corrected chi connectivity index (χ0v) is 21.9. The third-order valence-corrected chi connectivity index (χ3v) is 7.31. The van der Waals surface area contributed by atoms with Crippen LogP contribution in [-0.2, 0) is 9.53 Å². The number of hydrogen-bond acceptors (Lipinski definition) is 6. The van der Waals surface area contributed by atoms with Crippen molar-refractivity contribution in [1.29, 1.82) is 5.41 Å². The molecule has 35 heavy (non-hydrogen) atoms. The van der Waals surface area contributed by atoms with Crippen LogP contribution in [0.15, 0.2) is 30.3 Å². The maximum atomic E-state index is 12.5. The maximum absolute atomic E-state index is 12.5. The van der Waals surface area contributed by atoms with Crippen LogP contribution in [0.3, 0.4) is 0 Å². The van der Waals surface area contributed by atoms with Crippen LogP contribution in [0, 0.1) is 12.3 Å². The molecule has 1 atom stereocenters. The number of rotatable bonds is 6. The number of hydrogen-bond donors (Lipinski definition) is 2. The van der Waals surface area contributed by atoms with E-state index in [2.05, 4.69) is 13.8 Å². The van der Waals surface area contributed by atoms with Crippen LogP contribution in [0.5, 0.6) is 5.75 Å². The quantitative estimate of drug-likeness (QED) is 0.356. The number of thiazole rings is 1. The minimum absolute atomic E-state index is 0.254. The first kappa shape index (κ1) is 25.1. The lowest BCUT2D eigenvalue weighted by Gasteiger charge is -2.28. The van der Waals surface area contributed by atoms with Crippen LogP contribution in [0.2, 0.25) is 0 Å². The van der Waals surface area contributed by atoms with Crippen LogP contribution in [-0.4, -0.2) is 34.5 Å². The summed E-state index contributed by atoms with van der Waals surface area (Å²) < 4.78 is 12.9. The molecule has 184 valence electrons. The summed E-state index contributed by atoms with van der Waals surface area (Å²) in [5.41, 5.74) is 5.36. The molecule has 0 fully saturated rings. The fourth-order valence-electron chi connectivity index (χ4n) is 4.43. The lowest BCUT2D eigenvalue weighted by Crippen LogP contribution is -2.28. The predicted octanol–water partition coefficient (Wildman–Crippen LogP) is 7.15. The highest BCUT2D eigenvalue weighted by Crippen LogP contribution is 2.45. The van der Waals surface area contributed by atoms with Gasteiger partial charge in [-0.15, -0.1) is 11.3 Å². The van der Waals surface area contributed by atoms with Gasteiger partial charge >= 0.3 is 5.97 Å². The molecule has 1 aliphatic rings. The highest BCUT2D eigenvalue weighted by Gasteiger charge is 2.33. The Hall–Kier alpha value is -3.03. The standard InChI is InChI=1S/C28H32N2O4S/c1-15(2)26-30-20-13-16(3)22(24(27(31)32)34-28(4,5)6)23(25(20)35-26)18-7-8-21-19(14-18)17(9-11-29)10-12-33-21/h7-9,11,13-15,24,29H,10,12H2,1-6H3,(H,31,32). The Kier molecular flexibility index (Phi) is 6.84. The van der Waals surface area contributed by atoms with E-state index in [-0.39, 0.29) is 5.92 Å². The maximum Gasteiger partial charge on any atom is 0.337 e. The average Bonchev–Trinajstić information content (AvgIpc) is 3.20. The van der Waals surface area contributed by atoms with E-state index in [0.29, 0.717) is 18.6 Å². The van der Waals surface area contributed by atoms with Crippen LogP contribution < -0.4 is 4.74 Å². The number of aromatic nitrogens is 1. The van der Waals surface area contributed by atoms with Gasteiger partial charge in [0.05, 0.1) is 27.4 Å². The molecule has 2 N–H and O–H groups in total. The summed E-state index contributed by atoms with van der Waals surface area (Å²) in [6, 6.07) is 7.94. The Morgan fingerprint density at radius 3 is 2.66 bits per heavy atom. The largest absolute Gasteiger partial charge is 0.493 e. The summed E-state index contributed by atoms with van der Waals surface area (Å²) in [6.07, 6.45) is 2.67. The molecule has 0 saturated carbocycles. The number of allylic oxidation sites excluding steroid dienone is 1. The van der Waals surface area contributed by atoms with Gasteiger partial charge in [-0.2, -0.15) is 0 Å². The van der Waals surface area contributed by atoms with E-state index in [4.69, 9.17) is 19.9 Å². The fraction of sp³-hybridized carbons (Fsp3) is 0.393. The van der Waals surface area contributed by atoms with Crippen LogP contribution in [0.1, 0.15) is 74.8 Å². The van der Waals surface area contributed by atoms with Gasteiger partial charge in [0.1, 0.15) is 5.75 Å². The van der Waals surface area contributed by atoms with Gasteiger partial charge in [-0.05, 0) is 68.7 Å². The molecule has 0 aliphatic carbocycles. The number of nitrogens with zero attached hydrogens (tertiary/aromatic N) is 1. The first-order valence-corrected chi connectivity index (χ1v) is 12.6. The van der Waals surface area contributed by atoms with Gasteiger partial charge in [0.15, 0.2) is 6.10 Å². The molecule has 0 spiro atoms. The number of nitrogens with one attached hydrogen (secondary N) is 1. The van der Waals surface area contributed by atoms with Crippen molar-refractivity contribution < 1.29 is 19.4 Å². The molecule has 4 rings (SSSR count). The number of fused-ring (bicyclic) bond motifs is 2. The molecule has 0 amide bonds. The SMILES string of the molecule is Cc1cc2nc(C(C)C)sc2c(-c2ccc3c(c2)C(=CC=N)CCO3)c1C(OC(C)(C)C)C(=O)O. The number of aryl methyl sites for hydroxylation is 1. The molecular weight excluding hydrogens is 460 g/mol. The summed E-state index contributed by atoms with van der Waals surface area (Å²) in [4.78, 5) is 17.4. The van der Waals surface area contributed by atoms with Gasteiger partial charge < -0.3 is 20.0 Å². The minimum Gasteiger partial charge on any atom is -0.493 e. The Labute approximate surface area is 210 Å². The average molecular weight is 493 g/mol. The molecule has 0 radical (unpaired) electrons. The van der Waals surface area contributed by atoms with Crippen molar-refractivity contribution in [3.63, 3.8) is 0 Å². The van der Waals surface area contributed by atoms with Crippen molar-refractivity contribution >= 4 is 39.3 Å². The lowest BCUT2D eigenvalue weighted by molar-refractivity contribution is -0.160. The lowest BCUT2D eigenvalue weighted by atomic mass is 9.88. The van der Waals surface area contributed by atoms with Gasteiger partial charge in [0.2, 0.25) is 0 Å². The van der Waals surface area contributed by atoms with E-state index in [1.54, 1.807) is 17.4 Å². The van der Waals surface area contributed by atoms with Gasteiger partial charge in [0, 0.05) is 35.2 Å². The molecule has 6 nitrogen and oxygen atoms in total. The fourth-order valence-corrected chi connectivity index (χ4v) is 5.56. The van der Waals surface area contributed by atoms with E-state index >= 15 is 0 Å². The number of ether oxygens (including phenoxy) is 2. The van der Waals surface area contributed by atoms with E-state index < -0.39 is 17.7 Å². The zero-order valence-electron chi connectivity index (χ0n) is 21.1. The van der Waals surface area contributed by atoms with Crippen molar-refractivity contribution in [2.24, 2.45) is 0 Å². The molecule has 0 bridgehead atoms. The monoisotopic (exact) mass is 492 g/mol. The third kappa shape index (κ3) is 5.02. The van der Waals surface area contributed by atoms with Gasteiger partial charge in [-0.3, -0.25) is 0 Å². The van der Waals surface area contributed by atoms with Crippen LogP contribution >= 0.6 is 11.3 Å². The Morgan fingerprint density at radius 1 is 1.29 bits per heavy atom. The molecule has 1 unspecified atom stereocenters. The molecule has 3 aromatic rings. The van der Waals surface area contributed by atoms with Crippen LogP contribution in [0.25, 0.3) is 26.9 Å². The molecule has 1 aliphatic heterocycles. The molecule has 7 heteroatoms. The Morgan fingerprint density at radius 2 is 2.03 bits per heavy atom. The van der Waals surface area contributed by atoms with E-state index in [0.717, 1.165) is 48.8 Å². The van der Waals surface area contributed by atoms with E-state index in [1.165, 1.54) is 6.21 Å². The van der Waals surface area contributed by atoms with Crippen molar-refractivity contribution in [2.75, 3.05) is 6.61 Å². The van der Waals surface area contributed by atoms with E-state index in [9.17, 15) is 9.90 Å². The second-order valence-corrected chi connectivity index (χ2v) is 11.2. The minimum atomic E-state index is -1.14. The number of benzene rings is 2. The summed E-state index contributed by atoms with van der Waals surface area (Å²) in [6.45, 7) is 12.3. The Bertz CT molecular complexity index is 1330. The summed E-state index contributed by atoms with van der Waals surface area (Å²) in [5, 5.41) is 18.8. The van der Waals surface area contributed by atoms with Crippen LogP contribution in [0.4, 0.5) is 0 Å². The molecule has 0 saturated heterocycles. The second kappa shape index (κ2) is 9.55. The number of aliphatic carboxylic acids is 1. The van der Waals surface area contributed by atoms with Crippen molar-refractivity contribution in [1.82, 2.24) is 4.98 Å². The summed E-state index contributed by atoms with van der Waals surface area (Å²) >= 11 is 1.60. The van der Waals surface area contributed by atoms with Gasteiger partial charge in [0.25, 0.3) is 0 Å². The molecule has 2 heterocycles. The van der Waals surface area contributed by atoms with E-state index in [1.807, 2.05) is 52.0 Å². The number of carbonyl (C=O) groups is 1. The molecule has 2 aromatic carbocycles. The predicted molar refractivity (Wildman–Crippen MR) is 142 cm³/mol. The van der Waals surface area contributed by atoms with Crippen molar-refractivity contribution in [2.45, 2.75) is 65.6 Å². The first-order chi connectivity index (χ1) is 16.5. The third-order valence-electron chi connectivity index (χ3n) is 5.92. The topological polar surface area (TPSA) is 92.5 Å². The second-order valence-electron chi connectivity index (χ2n) is 10.2. The Balaban J connectivity index is 2.06. The summed E-state index contributed by atoms with van der Waals surface area (Å²) in [5.74, 6) is -0.00137. The smallest absolute Gasteiger partial charge is 0.337 e. The van der Waals surface area contributed by atoms with Crippen molar-refractivity contribution in [3.8, 4) is 16.9 Å². The first-order valence-electron chi connectivity index (χ1n) is 11.8. The van der Waals surface area contributed by atoms with Gasteiger partial charge in [-0.25, -0.2) is 9.78 Å². The number of carboxylic acids is 1.